The molecule has 2 aliphatic rings. The van der Waals surface area contributed by atoms with Crippen LogP contribution in [0, 0.1) is 0 Å². The molecule has 0 saturated carbocycles. The van der Waals surface area contributed by atoms with Gasteiger partial charge in [0.1, 0.15) is 30.2 Å². The van der Waals surface area contributed by atoms with E-state index in [2.05, 4.69) is 19.5 Å². The number of ether oxygens (including phenoxy) is 1. The summed E-state index contributed by atoms with van der Waals surface area (Å²) in [5.74, 6) is 0.192. The molecule has 4 heterocycles. The van der Waals surface area contributed by atoms with Crippen LogP contribution in [0.5, 0.6) is 0 Å². The van der Waals surface area contributed by atoms with Crippen molar-refractivity contribution >= 4 is 24.8 Å². The number of nitrogens with two attached hydrogens (primary N) is 1. The van der Waals surface area contributed by atoms with Crippen molar-refractivity contribution in [2.75, 3.05) is 12.3 Å². The zero-order valence-corrected chi connectivity index (χ0v) is 15.9. The van der Waals surface area contributed by atoms with Crippen LogP contribution in [0.3, 0.4) is 0 Å². The predicted molar refractivity (Wildman–Crippen MR) is 75.3 cm³/mol. The summed E-state index contributed by atoms with van der Waals surface area (Å²) in [5.41, 5.74) is 6.43. The van der Waals surface area contributed by atoms with Crippen molar-refractivity contribution in [1.82, 2.24) is 19.5 Å². The molecule has 25 heavy (non-hydrogen) atoms. The Morgan fingerprint density at radius 1 is 1.36 bits per heavy atom. The van der Waals surface area contributed by atoms with E-state index < -0.39 is 32.4 Å². The minimum absolute atomic E-state index is 0. The van der Waals surface area contributed by atoms with Crippen LogP contribution in [0.2, 0.25) is 0 Å². The maximum Gasteiger partial charge on any atom is 1.00 e. The summed E-state index contributed by atoms with van der Waals surface area (Å²) in [6.45, 7) is -0.219. The fourth-order valence-electron chi connectivity index (χ4n) is 2.61. The summed E-state index contributed by atoms with van der Waals surface area (Å²) in [4.78, 5) is 23.3. The molecule has 2 aromatic heterocycles. The van der Waals surface area contributed by atoms with Gasteiger partial charge in [0.2, 0.25) is 0 Å². The maximum atomic E-state index is 11.3. The predicted octanol–water partition coefficient (Wildman–Crippen LogP) is -6.09. The molecule has 2 saturated heterocycles. The van der Waals surface area contributed by atoms with Gasteiger partial charge in [-0.15, -0.1) is 0 Å². The molecule has 2 aliphatic heterocycles. The van der Waals surface area contributed by atoms with Gasteiger partial charge in [0.05, 0.1) is 12.9 Å². The van der Waals surface area contributed by atoms with E-state index in [0.717, 1.165) is 0 Å². The van der Waals surface area contributed by atoms with Gasteiger partial charge in [-0.1, -0.05) is 0 Å². The second-order valence-corrected chi connectivity index (χ2v) is 6.32. The molecule has 134 valence electrons. The first-order valence-electron chi connectivity index (χ1n) is 6.37. The number of aliphatic hydroxyl groups excluding tert-OH is 1. The van der Waals surface area contributed by atoms with Gasteiger partial charge in [-0.25, -0.2) is 15.0 Å². The van der Waals surface area contributed by atoms with Crippen molar-refractivity contribution in [1.29, 1.82) is 0 Å². The van der Waals surface area contributed by atoms with Crippen LogP contribution < -0.4 is 40.2 Å². The number of aliphatic hydroxyl groups is 1. The molecule has 0 radical (unpaired) electrons. The van der Waals surface area contributed by atoms with E-state index in [1.54, 1.807) is 0 Å². The number of anilines is 1. The minimum atomic E-state index is -4.41. The normalized spacial score (nSPS) is 33.7. The molecule has 1 unspecified atom stereocenters. The molecule has 2 aromatic rings. The van der Waals surface area contributed by atoms with Crippen LogP contribution in [0.1, 0.15) is 6.23 Å². The quantitative estimate of drug-likeness (QED) is 0.348. The van der Waals surface area contributed by atoms with E-state index in [9.17, 15) is 14.6 Å². The average molecular weight is 387 g/mol. The molecule has 13 nitrogen and oxygen atoms in total. The van der Waals surface area contributed by atoms with E-state index in [1.807, 2.05) is 0 Å². The van der Waals surface area contributed by atoms with Gasteiger partial charge in [0.25, 0.3) is 7.82 Å². The largest absolute Gasteiger partial charge is 1.00 e. The maximum absolute atomic E-state index is 11.3. The number of phosphoric acid groups is 1. The summed E-state index contributed by atoms with van der Waals surface area (Å²) in [6, 6.07) is 0. The van der Waals surface area contributed by atoms with Crippen LogP contribution in [0.4, 0.5) is 5.82 Å². The number of nitrogen functional groups attached to an aromatic ring is 1. The summed E-state index contributed by atoms with van der Waals surface area (Å²) in [7, 11) is -4.41. The van der Waals surface area contributed by atoms with Crippen molar-refractivity contribution in [3.05, 3.63) is 12.7 Å². The smallest absolute Gasteiger partial charge is 0.756 e. The molecule has 5 atom stereocenters. The molecule has 0 amide bonds. The first kappa shape index (κ1) is 22.3. The molecule has 0 aliphatic carbocycles. The Balaban J connectivity index is 0.00000104. The Morgan fingerprint density at radius 2 is 2.08 bits per heavy atom. The number of fused-ring (bicyclic) bond motifs is 2. The van der Waals surface area contributed by atoms with E-state index in [1.165, 1.54) is 17.2 Å². The molecular formula is C10H15N5NaO8P. The molecule has 7 N–H and O–H groups in total. The zero-order chi connectivity index (χ0) is 15.5. The Morgan fingerprint density at radius 3 is 2.80 bits per heavy atom. The first-order chi connectivity index (χ1) is 10.5. The molecule has 0 aromatic carbocycles. The molecular weight excluding hydrogens is 372 g/mol. The average Bonchev–Trinajstić information content (AvgIpc) is 3.01. The SMILES string of the molecule is Nc1ncnc2c1ncn2[C@@H]1O[C@@H]2COP(=O)([O-])O[C@H]2[C@H]1O.O.O.[Na+]. The fourth-order valence-corrected chi connectivity index (χ4v) is 3.56. The number of imidazole rings is 1. The first-order valence-corrected chi connectivity index (χ1v) is 7.83. The summed E-state index contributed by atoms with van der Waals surface area (Å²) in [5, 5.41) is 10.3. The van der Waals surface area contributed by atoms with Crippen molar-refractivity contribution in [2.24, 2.45) is 0 Å². The van der Waals surface area contributed by atoms with Crippen LogP contribution >= 0.6 is 7.82 Å². The zero-order valence-electron chi connectivity index (χ0n) is 13.0. The van der Waals surface area contributed by atoms with E-state index >= 15 is 0 Å². The van der Waals surface area contributed by atoms with E-state index in [-0.39, 0.29) is 52.9 Å². The molecule has 0 bridgehead atoms. The van der Waals surface area contributed by atoms with Gasteiger partial charge in [0, 0.05) is 0 Å². The third-order valence-electron chi connectivity index (χ3n) is 3.62. The summed E-state index contributed by atoms with van der Waals surface area (Å²) in [6.07, 6.45) is -1.26. The second-order valence-electron chi connectivity index (χ2n) is 4.95. The topological polar surface area (TPSA) is 221 Å². The minimum Gasteiger partial charge on any atom is -0.756 e. The van der Waals surface area contributed by atoms with Crippen molar-refractivity contribution in [2.45, 2.75) is 24.5 Å². The van der Waals surface area contributed by atoms with Crippen molar-refractivity contribution in [3.63, 3.8) is 0 Å². The van der Waals surface area contributed by atoms with Crippen molar-refractivity contribution < 1.29 is 68.9 Å². The number of phosphoric ester groups is 1. The van der Waals surface area contributed by atoms with Gasteiger partial charge in [0.15, 0.2) is 17.7 Å². The number of nitrogens with zero attached hydrogens (tertiary/aromatic N) is 4. The van der Waals surface area contributed by atoms with E-state index in [4.69, 9.17) is 15.0 Å². The van der Waals surface area contributed by atoms with Crippen LogP contribution in [0.25, 0.3) is 11.2 Å². The Bertz CT molecular complexity index is 792. The fraction of sp³-hybridized carbons (Fsp3) is 0.500. The Hall–Kier alpha value is -0.700. The standard InChI is InChI=1S/C10H12N5O6P.Na.2H2O/c11-8-5-9(13-2-12-8)15(3-14-5)10-6(16)7-4(20-10)1-19-22(17,18)21-7;;;/h2-4,6-7,10,16H,1H2,(H,17,18)(H2,11,12,13);;2*1H2/q;+1;;/p-1/t4-,6-,7-,10-;;;/m1.../s1. The van der Waals surface area contributed by atoms with Crippen LogP contribution in [-0.4, -0.2) is 60.5 Å². The number of hydrogen-bond donors (Lipinski definition) is 2. The Labute approximate surface area is 162 Å². The third kappa shape index (κ3) is 3.72. The number of aromatic nitrogens is 4. The molecule has 15 heteroatoms. The third-order valence-corrected chi connectivity index (χ3v) is 4.59. The van der Waals surface area contributed by atoms with Crippen LogP contribution in [-0.2, 0) is 18.3 Å². The van der Waals surface area contributed by atoms with E-state index in [0.29, 0.717) is 11.2 Å². The molecule has 4 rings (SSSR count). The molecule has 0 spiro atoms. The van der Waals surface area contributed by atoms with Crippen molar-refractivity contribution in [3.8, 4) is 0 Å². The van der Waals surface area contributed by atoms with Gasteiger partial charge in [-0.3, -0.25) is 9.13 Å². The monoisotopic (exact) mass is 387 g/mol. The Kier molecular flexibility index (Phi) is 7.06. The second kappa shape index (κ2) is 7.90. The van der Waals surface area contributed by atoms with Gasteiger partial charge >= 0.3 is 29.6 Å². The van der Waals surface area contributed by atoms with Crippen LogP contribution in [0.15, 0.2) is 12.7 Å². The van der Waals surface area contributed by atoms with Gasteiger partial charge in [-0.05, 0) is 0 Å². The molecule has 2 fully saturated rings. The van der Waals surface area contributed by atoms with Gasteiger partial charge < -0.3 is 40.5 Å². The van der Waals surface area contributed by atoms with Gasteiger partial charge in [-0.2, -0.15) is 0 Å². The number of rotatable bonds is 1. The summed E-state index contributed by atoms with van der Waals surface area (Å²) >= 11 is 0. The summed E-state index contributed by atoms with van der Waals surface area (Å²) < 4.78 is 27.8. The number of hydrogen-bond acceptors (Lipinski definition) is 10.